The number of pyridine rings is 2. The molecular weight excluding hydrogens is 444 g/mol. The molecule has 0 aliphatic rings. The average Bonchev–Trinajstić information content (AvgIpc) is 2.78. The van der Waals surface area contributed by atoms with Crippen molar-refractivity contribution in [2.75, 3.05) is 24.3 Å². The minimum absolute atomic E-state index is 0.0738. The average molecular weight is 471 g/mol. The molecule has 2 aromatic heterocycles. The molecule has 9 nitrogen and oxygen atoms in total. The number of nitrogens with one attached hydrogen (secondary N) is 4. The third kappa shape index (κ3) is 4.69. The smallest absolute Gasteiger partial charge is 0.295 e. The van der Waals surface area contributed by atoms with Crippen molar-refractivity contribution < 1.29 is 9.63 Å². The van der Waals surface area contributed by atoms with Gasteiger partial charge in [0.25, 0.3) is 11.5 Å². The molecule has 0 bridgehead atoms. The first-order valence-electron chi connectivity index (χ1n) is 10.4. The maximum atomic E-state index is 13.2. The largest absolute Gasteiger partial charge is 0.377 e. The lowest BCUT2D eigenvalue weighted by Crippen LogP contribution is -2.25. The maximum absolute atomic E-state index is 13.2. The van der Waals surface area contributed by atoms with Crippen LogP contribution >= 0.6 is 11.6 Å². The van der Waals surface area contributed by atoms with Crippen LogP contribution in [-0.4, -0.2) is 35.3 Å². The summed E-state index contributed by atoms with van der Waals surface area (Å²) >= 11 is 6.00. The molecule has 0 saturated carbocycles. The van der Waals surface area contributed by atoms with Crippen molar-refractivity contribution in [3.8, 4) is 0 Å². The van der Waals surface area contributed by atoms with Gasteiger partial charge in [0.1, 0.15) is 11.0 Å². The van der Waals surface area contributed by atoms with Crippen molar-refractivity contribution in [3.05, 3.63) is 62.2 Å². The normalized spacial score (nSPS) is 11.8. The molecule has 2 heterocycles. The second kappa shape index (κ2) is 10.0. The molecular formula is C23H27ClN6O3. The van der Waals surface area contributed by atoms with Crippen LogP contribution in [0.5, 0.6) is 0 Å². The number of anilines is 2. The van der Waals surface area contributed by atoms with Crippen molar-refractivity contribution in [1.29, 1.82) is 5.41 Å². The highest BCUT2D eigenvalue weighted by Crippen LogP contribution is 2.32. The number of hydrogen-bond donors (Lipinski definition) is 4. The maximum Gasteiger partial charge on any atom is 0.295 e. The second-order valence-electron chi connectivity index (χ2n) is 7.61. The van der Waals surface area contributed by atoms with Gasteiger partial charge in [0.15, 0.2) is 5.69 Å². The fourth-order valence-electron chi connectivity index (χ4n) is 3.91. The Morgan fingerprint density at radius 1 is 1.36 bits per heavy atom. The zero-order valence-electron chi connectivity index (χ0n) is 19.2. The van der Waals surface area contributed by atoms with Crippen LogP contribution in [0.25, 0.3) is 10.8 Å². The van der Waals surface area contributed by atoms with Gasteiger partial charge in [0.05, 0.1) is 12.8 Å². The van der Waals surface area contributed by atoms with Gasteiger partial charge in [-0.3, -0.25) is 19.0 Å². The summed E-state index contributed by atoms with van der Waals surface area (Å²) in [5.41, 5.74) is 4.95. The Kier molecular flexibility index (Phi) is 7.35. The van der Waals surface area contributed by atoms with E-state index in [1.807, 2.05) is 32.9 Å². The molecule has 0 saturated heterocycles. The number of halogens is 1. The van der Waals surface area contributed by atoms with Gasteiger partial charge in [-0.25, -0.2) is 10.5 Å². The van der Waals surface area contributed by atoms with E-state index in [4.69, 9.17) is 21.8 Å². The van der Waals surface area contributed by atoms with Crippen molar-refractivity contribution in [2.45, 2.75) is 26.8 Å². The number of aryl methyl sites for hydroxylation is 1. The lowest BCUT2D eigenvalue weighted by molar-refractivity contribution is 0.0533. The standard InChI is InChI=1S/C23H27ClN6O3/c1-6-26-21-16(11-25)19-14(9-12(2)10-15(19)23(32)30(21)4)13(3)27-17-7-8-18(24)28-20(17)22(31)29-33-5/h7-11,13,25-27H,6H2,1-5H3,(H,29,31). The van der Waals surface area contributed by atoms with Gasteiger partial charge >= 0.3 is 0 Å². The zero-order chi connectivity index (χ0) is 24.3. The fourth-order valence-corrected chi connectivity index (χ4v) is 4.05. The van der Waals surface area contributed by atoms with Crippen LogP contribution in [0.3, 0.4) is 0 Å². The minimum Gasteiger partial charge on any atom is -0.377 e. The van der Waals surface area contributed by atoms with E-state index >= 15 is 0 Å². The van der Waals surface area contributed by atoms with Crippen molar-refractivity contribution in [1.82, 2.24) is 15.0 Å². The Bertz CT molecular complexity index is 1290. The van der Waals surface area contributed by atoms with Gasteiger partial charge in [0, 0.05) is 42.2 Å². The SMILES string of the molecule is CCNc1c(C=N)c2c(C(C)Nc3ccc(Cl)nc3C(=O)NOC)cc(C)cc2c(=O)n1C. The molecule has 4 N–H and O–H groups in total. The quantitative estimate of drug-likeness (QED) is 0.226. The molecule has 0 radical (unpaired) electrons. The van der Waals surface area contributed by atoms with Crippen molar-refractivity contribution in [2.24, 2.45) is 7.05 Å². The van der Waals surface area contributed by atoms with E-state index in [0.717, 1.165) is 11.1 Å². The summed E-state index contributed by atoms with van der Waals surface area (Å²) in [5.74, 6) is 0.0305. The Morgan fingerprint density at radius 2 is 2.09 bits per heavy atom. The number of benzene rings is 1. The monoisotopic (exact) mass is 470 g/mol. The van der Waals surface area contributed by atoms with Crippen molar-refractivity contribution >= 4 is 46.0 Å². The van der Waals surface area contributed by atoms with Crippen LogP contribution in [0, 0.1) is 12.3 Å². The topological polar surface area (TPSA) is 121 Å². The van der Waals surface area contributed by atoms with Gasteiger partial charge in [-0.05, 0) is 50.1 Å². The molecule has 1 unspecified atom stereocenters. The molecule has 174 valence electrons. The first-order chi connectivity index (χ1) is 15.7. The van der Waals surface area contributed by atoms with E-state index in [9.17, 15) is 9.59 Å². The highest BCUT2D eigenvalue weighted by molar-refractivity contribution is 6.29. The van der Waals surface area contributed by atoms with Crippen molar-refractivity contribution in [3.63, 3.8) is 0 Å². The first-order valence-corrected chi connectivity index (χ1v) is 10.8. The first kappa shape index (κ1) is 24.2. The van der Waals surface area contributed by atoms with E-state index in [0.29, 0.717) is 34.4 Å². The number of aromatic nitrogens is 2. The number of nitrogens with zero attached hydrogens (tertiary/aromatic N) is 2. The summed E-state index contributed by atoms with van der Waals surface area (Å²) in [6, 6.07) is 6.70. The number of hydroxylamine groups is 1. The predicted octanol–water partition coefficient (Wildman–Crippen LogP) is 3.79. The summed E-state index contributed by atoms with van der Waals surface area (Å²) in [6.45, 7) is 6.36. The molecule has 0 spiro atoms. The van der Waals surface area contributed by atoms with E-state index in [1.165, 1.54) is 17.9 Å². The van der Waals surface area contributed by atoms with E-state index in [1.54, 1.807) is 19.2 Å². The summed E-state index contributed by atoms with van der Waals surface area (Å²) < 4.78 is 1.53. The lowest BCUT2D eigenvalue weighted by atomic mass is 9.94. The summed E-state index contributed by atoms with van der Waals surface area (Å²) in [4.78, 5) is 34.4. The van der Waals surface area contributed by atoms with Crippen LogP contribution < -0.4 is 21.7 Å². The number of carbonyl (C=O) groups excluding carboxylic acids is 1. The van der Waals surface area contributed by atoms with Gasteiger partial charge in [-0.15, -0.1) is 0 Å². The minimum atomic E-state index is -0.549. The molecule has 3 aromatic rings. The second-order valence-corrected chi connectivity index (χ2v) is 8.00. The van der Waals surface area contributed by atoms with E-state index in [-0.39, 0.29) is 22.4 Å². The van der Waals surface area contributed by atoms with Gasteiger partial charge in [-0.2, -0.15) is 0 Å². The predicted molar refractivity (Wildman–Crippen MR) is 132 cm³/mol. The summed E-state index contributed by atoms with van der Waals surface area (Å²) in [7, 11) is 3.02. The Morgan fingerprint density at radius 3 is 2.73 bits per heavy atom. The highest BCUT2D eigenvalue weighted by Gasteiger charge is 2.21. The lowest BCUT2D eigenvalue weighted by Gasteiger charge is -2.23. The molecule has 3 rings (SSSR count). The number of rotatable bonds is 8. The van der Waals surface area contributed by atoms with E-state index in [2.05, 4.69) is 21.1 Å². The van der Waals surface area contributed by atoms with Gasteiger partial charge in [-0.1, -0.05) is 17.7 Å². The van der Waals surface area contributed by atoms with Crippen LogP contribution in [-0.2, 0) is 11.9 Å². The Labute approximate surface area is 196 Å². The van der Waals surface area contributed by atoms with E-state index < -0.39 is 5.91 Å². The third-order valence-electron chi connectivity index (χ3n) is 5.31. The zero-order valence-corrected chi connectivity index (χ0v) is 19.9. The number of amides is 1. The van der Waals surface area contributed by atoms with Gasteiger partial charge < -0.3 is 16.0 Å². The fraction of sp³-hybridized carbons (Fsp3) is 0.304. The molecule has 33 heavy (non-hydrogen) atoms. The Hall–Kier alpha value is -3.43. The molecule has 0 aliphatic carbocycles. The molecule has 10 heteroatoms. The Balaban J connectivity index is 2.22. The summed E-state index contributed by atoms with van der Waals surface area (Å²) in [5, 5.41) is 16.0. The number of hydrogen-bond acceptors (Lipinski definition) is 7. The van der Waals surface area contributed by atoms with Crippen LogP contribution in [0.4, 0.5) is 11.5 Å². The number of fused-ring (bicyclic) bond motifs is 1. The van der Waals surface area contributed by atoms with Crippen LogP contribution in [0.2, 0.25) is 5.15 Å². The molecule has 1 atom stereocenters. The van der Waals surface area contributed by atoms with Crippen LogP contribution in [0.15, 0.2) is 29.1 Å². The third-order valence-corrected chi connectivity index (χ3v) is 5.52. The van der Waals surface area contributed by atoms with Gasteiger partial charge in [0.2, 0.25) is 0 Å². The molecule has 1 aromatic carbocycles. The molecule has 0 fully saturated rings. The number of carbonyl (C=O) groups is 1. The molecule has 1 amide bonds. The summed E-state index contributed by atoms with van der Waals surface area (Å²) in [6.07, 6.45) is 1.26. The highest BCUT2D eigenvalue weighted by atomic mass is 35.5. The molecule has 0 aliphatic heterocycles. The van der Waals surface area contributed by atoms with Crippen LogP contribution in [0.1, 0.15) is 47.1 Å².